The van der Waals surface area contributed by atoms with Crippen LogP contribution in [0.1, 0.15) is 45.9 Å². The smallest absolute Gasteiger partial charge is 0.256 e. The summed E-state index contributed by atoms with van der Waals surface area (Å²) < 4.78 is 0.751. The van der Waals surface area contributed by atoms with Crippen molar-refractivity contribution in [2.45, 2.75) is 32.4 Å². The molecule has 1 aliphatic carbocycles. The molecule has 0 fully saturated rings. The number of amides is 1. The van der Waals surface area contributed by atoms with Gasteiger partial charge in [0, 0.05) is 14.9 Å². The van der Waals surface area contributed by atoms with Gasteiger partial charge in [0.25, 0.3) is 5.91 Å². The van der Waals surface area contributed by atoms with Crippen LogP contribution in [0.5, 0.6) is 5.75 Å². The molecule has 24 heavy (non-hydrogen) atoms. The lowest BCUT2D eigenvalue weighted by molar-refractivity contribution is 0.0935. The van der Waals surface area contributed by atoms with Gasteiger partial charge in [0.1, 0.15) is 16.9 Å². The van der Waals surface area contributed by atoms with Crippen LogP contribution in [-0.4, -0.2) is 11.0 Å². The van der Waals surface area contributed by atoms with Gasteiger partial charge in [-0.2, -0.15) is 0 Å². The Morgan fingerprint density at radius 2 is 2.17 bits per heavy atom. The van der Waals surface area contributed by atoms with E-state index in [0.717, 1.165) is 34.3 Å². The SMILES string of the molecule is C[C@H]1CCc2c(sc3c2C(=O)N[C@H](c2cc(Br)cc(Cl)c2O)N3)C1. The van der Waals surface area contributed by atoms with Crippen LogP contribution in [0.2, 0.25) is 5.02 Å². The first-order valence-electron chi connectivity index (χ1n) is 7.84. The van der Waals surface area contributed by atoms with E-state index in [0.29, 0.717) is 11.5 Å². The summed E-state index contributed by atoms with van der Waals surface area (Å²) in [6.07, 6.45) is 2.60. The Kier molecular flexibility index (Phi) is 4.01. The minimum absolute atomic E-state index is 0.0175. The number of halogens is 2. The molecule has 2 aromatic rings. The second kappa shape index (κ2) is 5.93. The van der Waals surface area contributed by atoms with Crippen molar-refractivity contribution in [1.82, 2.24) is 5.32 Å². The number of anilines is 1. The Balaban J connectivity index is 1.74. The number of hydrogen-bond donors (Lipinski definition) is 3. The summed E-state index contributed by atoms with van der Waals surface area (Å²) in [7, 11) is 0. The van der Waals surface area contributed by atoms with E-state index in [4.69, 9.17) is 11.6 Å². The molecule has 1 aliphatic heterocycles. The standard InChI is InChI=1S/C17H16BrClN2O2S/c1-7-2-3-9-12(4-7)24-17-13(9)16(23)20-15(21-17)10-5-8(18)6-11(19)14(10)22/h5-7,15,21-22H,2-4H2,1H3,(H,20,23)/t7-,15-/m0/s1. The number of fused-ring (bicyclic) bond motifs is 3. The number of hydrogen-bond acceptors (Lipinski definition) is 4. The van der Waals surface area contributed by atoms with Gasteiger partial charge < -0.3 is 15.7 Å². The van der Waals surface area contributed by atoms with Crippen LogP contribution in [0, 0.1) is 5.92 Å². The number of phenols is 1. The number of carbonyl (C=O) groups excluding carboxylic acids is 1. The molecule has 2 aliphatic rings. The summed E-state index contributed by atoms with van der Waals surface area (Å²) in [6, 6.07) is 3.39. The number of carbonyl (C=O) groups is 1. The van der Waals surface area contributed by atoms with Gasteiger partial charge in [-0.15, -0.1) is 11.3 Å². The molecule has 0 saturated heterocycles. The first-order chi connectivity index (χ1) is 11.4. The van der Waals surface area contributed by atoms with Crippen molar-refractivity contribution < 1.29 is 9.90 Å². The lowest BCUT2D eigenvalue weighted by atomic mass is 9.88. The van der Waals surface area contributed by atoms with Crippen LogP contribution in [0.25, 0.3) is 0 Å². The van der Waals surface area contributed by atoms with E-state index in [9.17, 15) is 9.90 Å². The van der Waals surface area contributed by atoms with Gasteiger partial charge in [-0.1, -0.05) is 34.5 Å². The van der Waals surface area contributed by atoms with Crippen LogP contribution >= 0.6 is 38.9 Å². The Labute approximate surface area is 157 Å². The summed E-state index contributed by atoms with van der Waals surface area (Å²) >= 11 is 11.1. The highest BCUT2D eigenvalue weighted by molar-refractivity contribution is 9.10. The van der Waals surface area contributed by atoms with Crippen molar-refractivity contribution in [3.05, 3.63) is 43.2 Å². The molecule has 0 unspecified atom stereocenters. The molecule has 2 heterocycles. The molecule has 1 aromatic heterocycles. The van der Waals surface area contributed by atoms with Gasteiger partial charge in [0.2, 0.25) is 0 Å². The van der Waals surface area contributed by atoms with Crippen LogP contribution in [0.15, 0.2) is 16.6 Å². The van der Waals surface area contributed by atoms with Gasteiger partial charge in [-0.05, 0) is 42.9 Å². The molecule has 0 saturated carbocycles. The van der Waals surface area contributed by atoms with Gasteiger partial charge in [-0.3, -0.25) is 4.79 Å². The maximum Gasteiger partial charge on any atom is 0.256 e. The number of benzene rings is 1. The van der Waals surface area contributed by atoms with Crippen molar-refractivity contribution >= 4 is 49.8 Å². The molecular formula is C17H16BrClN2O2S. The number of thiophene rings is 1. The molecule has 1 aromatic carbocycles. The fourth-order valence-corrected chi connectivity index (χ4v) is 5.69. The van der Waals surface area contributed by atoms with Crippen LogP contribution < -0.4 is 10.6 Å². The van der Waals surface area contributed by atoms with E-state index < -0.39 is 6.17 Å². The molecule has 3 N–H and O–H groups in total. The molecule has 4 rings (SSSR count). The van der Waals surface area contributed by atoms with Gasteiger partial charge in [-0.25, -0.2) is 0 Å². The van der Waals surface area contributed by atoms with Crippen molar-refractivity contribution in [2.75, 3.05) is 5.32 Å². The zero-order valence-electron chi connectivity index (χ0n) is 13.0. The lowest BCUT2D eigenvalue weighted by Gasteiger charge is -2.27. The second-order valence-corrected chi connectivity index (χ2v) is 8.86. The number of nitrogens with one attached hydrogen (secondary N) is 2. The highest BCUT2D eigenvalue weighted by Crippen LogP contribution is 2.44. The Hall–Kier alpha value is -1.24. The molecule has 7 heteroatoms. The molecule has 0 spiro atoms. The molecule has 0 bridgehead atoms. The molecule has 1 amide bonds. The van der Waals surface area contributed by atoms with E-state index in [-0.39, 0.29) is 16.7 Å². The molecular weight excluding hydrogens is 412 g/mol. The average molecular weight is 428 g/mol. The van der Waals surface area contributed by atoms with Gasteiger partial charge >= 0.3 is 0 Å². The zero-order chi connectivity index (χ0) is 17.0. The summed E-state index contributed by atoms with van der Waals surface area (Å²) in [6.45, 7) is 2.25. The summed E-state index contributed by atoms with van der Waals surface area (Å²) in [5.74, 6) is 0.553. The Morgan fingerprint density at radius 3 is 2.96 bits per heavy atom. The highest BCUT2D eigenvalue weighted by atomic mass is 79.9. The number of rotatable bonds is 1. The second-order valence-electron chi connectivity index (χ2n) is 6.43. The third-order valence-electron chi connectivity index (χ3n) is 4.66. The van der Waals surface area contributed by atoms with Crippen molar-refractivity contribution in [1.29, 1.82) is 0 Å². The third-order valence-corrected chi connectivity index (χ3v) is 6.59. The van der Waals surface area contributed by atoms with Crippen LogP contribution in [-0.2, 0) is 12.8 Å². The average Bonchev–Trinajstić information content (AvgIpc) is 2.88. The van der Waals surface area contributed by atoms with E-state index in [1.165, 1.54) is 10.4 Å². The fraction of sp³-hybridized carbons (Fsp3) is 0.353. The third kappa shape index (κ3) is 2.61. The van der Waals surface area contributed by atoms with E-state index in [2.05, 4.69) is 33.5 Å². The monoisotopic (exact) mass is 426 g/mol. The predicted octanol–water partition coefficient (Wildman–Crippen LogP) is 4.85. The summed E-state index contributed by atoms with van der Waals surface area (Å²) in [4.78, 5) is 14.0. The maximum atomic E-state index is 12.7. The number of phenolic OH excluding ortho intramolecular Hbond substituents is 1. The topological polar surface area (TPSA) is 61.4 Å². The Bertz CT molecular complexity index is 852. The van der Waals surface area contributed by atoms with Crippen LogP contribution in [0.4, 0.5) is 5.00 Å². The summed E-state index contributed by atoms with van der Waals surface area (Å²) in [5.41, 5.74) is 2.51. The van der Waals surface area contributed by atoms with Crippen molar-refractivity contribution in [3.8, 4) is 5.75 Å². The predicted molar refractivity (Wildman–Crippen MR) is 100 cm³/mol. The van der Waals surface area contributed by atoms with Crippen molar-refractivity contribution in [3.63, 3.8) is 0 Å². The number of aromatic hydroxyl groups is 1. The quantitative estimate of drug-likeness (QED) is 0.610. The van der Waals surface area contributed by atoms with E-state index >= 15 is 0 Å². The molecule has 0 radical (unpaired) electrons. The fourth-order valence-electron chi connectivity index (χ4n) is 3.42. The molecule has 126 valence electrons. The first kappa shape index (κ1) is 16.2. The summed E-state index contributed by atoms with van der Waals surface area (Å²) in [5, 5.41) is 17.7. The van der Waals surface area contributed by atoms with Crippen molar-refractivity contribution in [2.24, 2.45) is 5.92 Å². The first-order valence-corrected chi connectivity index (χ1v) is 9.82. The Morgan fingerprint density at radius 1 is 1.38 bits per heavy atom. The maximum absolute atomic E-state index is 12.7. The molecule has 2 atom stereocenters. The minimum Gasteiger partial charge on any atom is -0.506 e. The minimum atomic E-state index is -0.502. The van der Waals surface area contributed by atoms with Gasteiger partial charge in [0.05, 0.1) is 10.6 Å². The van der Waals surface area contributed by atoms with E-state index in [1.54, 1.807) is 23.5 Å². The zero-order valence-corrected chi connectivity index (χ0v) is 16.1. The molecule has 4 nitrogen and oxygen atoms in total. The normalized spacial score (nSPS) is 22.4. The van der Waals surface area contributed by atoms with E-state index in [1.807, 2.05) is 0 Å². The van der Waals surface area contributed by atoms with Crippen LogP contribution in [0.3, 0.4) is 0 Å². The van der Waals surface area contributed by atoms with Gasteiger partial charge in [0.15, 0.2) is 0 Å². The lowest BCUT2D eigenvalue weighted by Crippen LogP contribution is -2.38. The highest BCUT2D eigenvalue weighted by Gasteiger charge is 2.34. The largest absolute Gasteiger partial charge is 0.506 e.